The van der Waals surface area contributed by atoms with Crippen LogP contribution in [0.3, 0.4) is 0 Å². The first-order chi connectivity index (χ1) is 8.35. The van der Waals surface area contributed by atoms with E-state index in [-0.39, 0.29) is 0 Å². The number of hydrogen-bond donors (Lipinski definition) is 1. The molecular formula is C12H17N3S2. The molecule has 0 saturated heterocycles. The van der Waals surface area contributed by atoms with Crippen LogP contribution in [0.15, 0.2) is 16.8 Å². The topological polar surface area (TPSA) is 37.8 Å². The Morgan fingerprint density at radius 2 is 2.24 bits per heavy atom. The van der Waals surface area contributed by atoms with Crippen LogP contribution in [0, 0.1) is 0 Å². The van der Waals surface area contributed by atoms with Crippen molar-refractivity contribution in [3.63, 3.8) is 0 Å². The van der Waals surface area contributed by atoms with Crippen molar-refractivity contribution >= 4 is 22.7 Å². The quantitative estimate of drug-likeness (QED) is 0.867. The molecule has 0 radical (unpaired) electrons. The van der Waals surface area contributed by atoms with Crippen LogP contribution in [-0.2, 0) is 0 Å². The molecule has 0 aromatic carbocycles. The van der Waals surface area contributed by atoms with Gasteiger partial charge in [-0.2, -0.15) is 11.3 Å². The molecule has 2 heterocycles. The molecule has 2 rings (SSSR count). The Morgan fingerprint density at radius 3 is 2.88 bits per heavy atom. The molecule has 0 aliphatic carbocycles. The molecule has 0 fully saturated rings. The molecule has 2 aromatic heterocycles. The van der Waals surface area contributed by atoms with Gasteiger partial charge in [0.2, 0.25) is 0 Å². The molecule has 92 valence electrons. The number of rotatable bonds is 6. The fourth-order valence-electron chi connectivity index (χ4n) is 1.60. The van der Waals surface area contributed by atoms with Crippen molar-refractivity contribution < 1.29 is 0 Å². The van der Waals surface area contributed by atoms with E-state index in [1.54, 1.807) is 22.7 Å². The molecule has 1 unspecified atom stereocenters. The highest BCUT2D eigenvalue weighted by atomic mass is 32.1. The van der Waals surface area contributed by atoms with Gasteiger partial charge in [-0.25, -0.2) is 0 Å². The van der Waals surface area contributed by atoms with Crippen LogP contribution >= 0.6 is 22.7 Å². The van der Waals surface area contributed by atoms with Gasteiger partial charge >= 0.3 is 0 Å². The van der Waals surface area contributed by atoms with Crippen LogP contribution in [0.4, 0.5) is 0 Å². The van der Waals surface area contributed by atoms with E-state index in [0.29, 0.717) is 6.04 Å². The third kappa shape index (κ3) is 3.12. The van der Waals surface area contributed by atoms with Crippen molar-refractivity contribution in [2.24, 2.45) is 0 Å². The Kier molecular flexibility index (Phi) is 4.65. The summed E-state index contributed by atoms with van der Waals surface area (Å²) in [7, 11) is 0. The number of nitrogens with one attached hydrogen (secondary N) is 1. The highest BCUT2D eigenvalue weighted by Crippen LogP contribution is 2.29. The Bertz CT molecular complexity index is 436. The highest BCUT2D eigenvalue weighted by molar-refractivity contribution is 7.15. The van der Waals surface area contributed by atoms with Gasteiger partial charge in [-0.15, -0.1) is 10.2 Å². The normalized spacial score (nSPS) is 12.8. The lowest BCUT2D eigenvalue weighted by atomic mass is 10.2. The fourth-order valence-corrected chi connectivity index (χ4v) is 3.32. The van der Waals surface area contributed by atoms with E-state index < -0.39 is 0 Å². The first-order valence-electron chi connectivity index (χ1n) is 5.94. The van der Waals surface area contributed by atoms with Crippen LogP contribution < -0.4 is 5.32 Å². The molecule has 0 aliphatic heterocycles. The maximum absolute atomic E-state index is 4.31. The van der Waals surface area contributed by atoms with Crippen molar-refractivity contribution in [1.29, 1.82) is 0 Å². The molecule has 1 N–H and O–H groups in total. The van der Waals surface area contributed by atoms with Crippen molar-refractivity contribution in [1.82, 2.24) is 15.5 Å². The van der Waals surface area contributed by atoms with E-state index in [1.807, 2.05) is 0 Å². The molecular weight excluding hydrogens is 250 g/mol. The number of nitrogens with zero attached hydrogens (tertiary/aromatic N) is 2. The van der Waals surface area contributed by atoms with Crippen LogP contribution in [0.1, 0.15) is 37.7 Å². The van der Waals surface area contributed by atoms with Crippen molar-refractivity contribution in [3.05, 3.63) is 21.8 Å². The minimum Gasteiger partial charge on any atom is -0.308 e. The number of hydrogen-bond acceptors (Lipinski definition) is 5. The van der Waals surface area contributed by atoms with Crippen LogP contribution in [-0.4, -0.2) is 16.7 Å². The summed E-state index contributed by atoms with van der Waals surface area (Å²) in [5.74, 6) is 0. The average molecular weight is 267 g/mol. The monoisotopic (exact) mass is 267 g/mol. The van der Waals surface area contributed by atoms with E-state index in [1.165, 1.54) is 5.56 Å². The highest BCUT2D eigenvalue weighted by Gasteiger charge is 2.14. The second kappa shape index (κ2) is 6.23. The lowest BCUT2D eigenvalue weighted by molar-refractivity contribution is 0.513. The van der Waals surface area contributed by atoms with Crippen molar-refractivity contribution in [2.75, 3.05) is 6.54 Å². The Balaban J connectivity index is 2.11. The zero-order chi connectivity index (χ0) is 12.1. The second-order valence-electron chi connectivity index (χ2n) is 3.87. The summed E-state index contributed by atoms with van der Waals surface area (Å²) < 4.78 is 0. The maximum atomic E-state index is 4.31. The van der Waals surface area contributed by atoms with Gasteiger partial charge in [0, 0.05) is 10.9 Å². The van der Waals surface area contributed by atoms with Crippen molar-refractivity contribution in [2.45, 2.75) is 32.7 Å². The summed E-state index contributed by atoms with van der Waals surface area (Å²) >= 11 is 3.39. The van der Waals surface area contributed by atoms with Gasteiger partial charge in [-0.1, -0.05) is 25.2 Å². The lowest BCUT2D eigenvalue weighted by Gasteiger charge is -2.12. The molecule has 0 bridgehead atoms. The lowest BCUT2D eigenvalue weighted by Crippen LogP contribution is -2.21. The Hall–Kier alpha value is -0.780. The van der Waals surface area contributed by atoms with Crippen LogP contribution in [0.25, 0.3) is 10.6 Å². The Labute approximate surface area is 110 Å². The summed E-state index contributed by atoms with van der Waals surface area (Å²) in [5, 5.41) is 18.4. The third-order valence-corrected chi connectivity index (χ3v) is 4.33. The summed E-state index contributed by atoms with van der Waals surface area (Å²) in [6.45, 7) is 5.39. The SMILES string of the molecule is CCCNC(CC)c1nnc(-c2ccsc2)s1. The smallest absolute Gasteiger partial charge is 0.148 e. The molecule has 5 heteroatoms. The van der Waals surface area contributed by atoms with Gasteiger partial charge in [0.1, 0.15) is 10.0 Å². The van der Waals surface area contributed by atoms with E-state index in [0.717, 1.165) is 29.4 Å². The number of aromatic nitrogens is 2. The molecule has 3 nitrogen and oxygen atoms in total. The molecule has 0 aliphatic rings. The minimum absolute atomic E-state index is 0.347. The average Bonchev–Trinajstić information content (AvgIpc) is 3.00. The van der Waals surface area contributed by atoms with Gasteiger partial charge in [-0.05, 0) is 30.8 Å². The van der Waals surface area contributed by atoms with Gasteiger partial charge < -0.3 is 5.32 Å². The van der Waals surface area contributed by atoms with E-state index in [9.17, 15) is 0 Å². The van der Waals surface area contributed by atoms with E-state index in [4.69, 9.17) is 0 Å². The third-order valence-electron chi connectivity index (χ3n) is 2.56. The largest absolute Gasteiger partial charge is 0.308 e. The van der Waals surface area contributed by atoms with E-state index in [2.05, 4.69) is 46.2 Å². The van der Waals surface area contributed by atoms with Crippen LogP contribution in [0.5, 0.6) is 0 Å². The molecule has 1 atom stereocenters. The minimum atomic E-state index is 0.347. The molecule has 17 heavy (non-hydrogen) atoms. The second-order valence-corrected chi connectivity index (χ2v) is 5.66. The van der Waals surface area contributed by atoms with Gasteiger partial charge in [0.25, 0.3) is 0 Å². The van der Waals surface area contributed by atoms with Gasteiger partial charge in [0.05, 0.1) is 6.04 Å². The number of thiophene rings is 1. The fraction of sp³-hybridized carbons (Fsp3) is 0.500. The Morgan fingerprint density at radius 1 is 1.35 bits per heavy atom. The molecule has 0 amide bonds. The first kappa shape index (κ1) is 12.7. The molecule has 0 saturated carbocycles. The standard InChI is InChI=1S/C12H17N3S2/c1-3-6-13-10(4-2)12-15-14-11(17-12)9-5-7-16-8-9/h5,7-8,10,13H,3-4,6H2,1-2H3. The maximum Gasteiger partial charge on any atom is 0.148 e. The molecule has 0 spiro atoms. The zero-order valence-electron chi connectivity index (χ0n) is 10.1. The predicted molar refractivity (Wildman–Crippen MR) is 74.5 cm³/mol. The summed E-state index contributed by atoms with van der Waals surface area (Å²) in [4.78, 5) is 0. The van der Waals surface area contributed by atoms with Gasteiger partial charge in [0.15, 0.2) is 0 Å². The van der Waals surface area contributed by atoms with Gasteiger partial charge in [-0.3, -0.25) is 0 Å². The zero-order valence-corrected chi connectivity index (χ0v) is 11.8. The summed E-state index contributed by atoms with van der Waals surface area (Å²) in [6.07, 6.45) is 2.20. The van der Waals surface area contributed by atoms with Crippen LogP contribution in [0.2, 0.25) is 0 Å². The van der Waals surface area contributed by atoms with E-state index >= 15 is 0 Å². The predicted octanol–water partition coefficient (Wildman–Crippen LogP) is 3.72. The molecule has 2 aromatic rings. The summed E-state index contributed by atoms with van der Waals surface area (Å²) in [6, 6.07) is 2.44. The van der Waals surface area contributed by atoms with Crippen molar-refractivity contribution in [3.8, 4) is 10.6 Å². The first-order valence-corrected chi connectivity index (χ1v) is 7.70. The summed E-state index contributed by atoms with van der Waals surface area (Å²) in [5.41, 5.74) is 1.18.